The van der Waals surface area contributed by atoms with Gasteiger partial charge in [-0.1, -0.05) is 0 Å². The summed E-state index contributed by atoms with van der Waals surface area (Å²) in [6, 6.07) is 0.179. The minimum atomic E-state index is -3.29. The molecule has 1 aliphatic carbocycles. The Balaban J connectivity index is 2.11. The van der Waals surface area contributed by atoms with E-state index in [1.54, 1.807) is 11.4 Å². The third-order valence-corrected chi connectivity index (χ3v) is 6.40. The predicted molar refractivity (Wildman–Crippen MR) is 67.6 cm³/mol. The Bertz CT molecular complexity index is 382. The zero-order valence-electron chi connectivity index (χ0n) is 10.8. The average Bonchev–Trinajstić information content (AvgIpc) is 2.80. The van der Waals surface area contributed by atoms with Crippen molar-refractivity contribution in [1.82, 2.24) is 8.61 Å². The van der Waals surface area contributed by atoms with Crippen LogP contribution < -0.4 is 5.73 Å². The van der Waals surface area contributed by atoms with Crippen molar-refractivity contribution in [2.24, 2.45) is 17.6 Å². The van der Waals surface area contributed by atoms with E-state index in [9.17, 15) is 8.42 Å². The first kappa shape index (κ1) is 13.3. The Kier molecular flexibility index (Phi) is 3.51. The van der Waals surface area contributed by atoms with Crippen molar-refractivity contribution < 1.29 is 8.42 Å². The lowest BCUT2D eigenvalue weighted by molar-refractivity contribution is 0.347. The van der Waals surface area contributed by atoms with E-state index in [0.29, 0.717) is 24.9 Å². The number of rotatable bonds is 3. The molecule has 2 N–H and O–H groups in total. The molecule has 3 atom stereocenters. The molecule has 6 heteroatoms. The van der Waals surface area contributed by atoms with Gasteiger partial charge in [0.15, 0.2) is 0 Å². The molecule has 1 saturated carbocycles. The second-order valence-electron chi connectivity index (χ2n) is 5.60. The van der Waals surface area contributed by atoms with Crippen molar-refractivity contribution in [3.63, 3.8) is 0 Å². The predicted octanol–water partition coefficient (Wildman–Crippen LogP) is 0.241. The fourth-order valence-corrected chi connectivity index (χ4v) is 4.54. The highest BCUT2D eigenvalue weighted by Crippen LogP contribution is 2.38. The monoisotopic (exact) mass is 261 g/mol. The van der Waals surface area contributed by atoms with E-state index in [2.05, 4.69) is 0 Å². The molecule has 1 heterocycles. The molecular weight excluding hydrogens is 238 g/mol. The van der Waals surface area contributed by atoms with Crippen molar-refractivity contribution >= 4 is 10.2 Å². The van der Waals surface area contributed by atoms with Gasteiger partial charge in [-0.3, -0.25) is 0 Å². The minimum absolute atomic E-state index is 0.00545. The average molecular weight is 261 g/mol. The molecular formula is C11H23N3O2S. The molecule has 0 radical (unpaired) electrons. The van der Waals surface area contributed by atoms with Crippen LogP contribution in [0.15, 0.2) is 0 Å². The molecule has 1 saturated heterocycles. The molecule has 2 rings (SSSR count). The van der Waals surface area contributed by atoms with E-state index < -0.39 is 10.2 Å². The summed E-state index contributed by atoms with van der Waals surface area (Å²) in [7, 11) is -1.65. The van der Waals surface area contributed by atoms with Gasteiger partial charge < -0.3 is 5.73 Å². The van der Waals surface area contributed by atoms with Crippen LogP contribution in [0.2, 0.25) is 0 Å². The van der Waals surface area contributed by atoms with Crippen LogP contribution in [0.5, 0.6) is 0 Å². The van der Waals surface area contributed by atoms with Crippen molar-refractivity contribution in [3.8, 4) is 0 Å². The molecule has 3 unspecified atom stereocenters. The molecule has 2 aliphatic rings. The second-order valence-corrected chi connectivity index (χ2v) is 7.59. The first-order valence-electron chi connectivity index (χ1n) is 6.32. The number of fused-ring (bicyclic) bond motifs is 1. The molecule has 0 amide bonds. The summed E-state index contributed by atoms with van der Waals surface area (Å²) < 4.78 is 27.7. The van der Waals surface area contributed by atoms with Crippen LogP contribution in [0.4, 0.5) is 0 Å². The quantitative estimate of drug-likeness (QED) is 0.791. The van der Waals surface area contributed by atoms with Gasteiger partial charge in [0, 0.05) is 32.2 Å². The Labute approximate surface area is 104 Å². The summed E-state index contributed by atoms with van der Waals surface area (Å²) in [5.74, 6) is 0.839. The fourth-order valence-electron chi connectivity index (χ4n) is 2.90. The van der Waals surface area contributed by atoms with Crippen LogP contribution in [-0.4, -0.2) is 49.2 Å². The maximum absolute atomic E-state index is 12.3. The largest absolute Gasteiger partial charge is 0.327 e. The summed E-state index contributed by atoms with van der Waals surface area (Å²) in [6.07, 6.45) is 2.12. The van der Waals surface area contributed by atoms with Gasteiger partial charge in [-0.2, -0.15) is 17.0 Å². The molecule has 0 aromatic heterocycles. The number of hydrogen-bond donors (Lipinski definition) is 1. The first-order valence-corrected chi connectivity index (χ1v) is 7.72. The number of hydrogen-bond acceptors (Lipinski definition) is 3. The molecule has 1 aliphatic heterocycles. The minimum Gasteiger partial charge on any atom is -0.327 e. The van der Waals surface area contributed by atoms with Crippen LogP contribution in [0.1, 0.15) is 26.7 Å². The van der Waals surface area contributed by atoms with E-state index in [4.69, 9.17) is 5.73 Å². The molecule has 5 nitrogen and oxygen atoms in total. The summed E-state index contributed by atoms with van der Waals surface area (Å²) in [4.78, 5) is 0. The Morgan fingerprint density at radius 1 is 1.29 bits per heavy atom. The van der Waals surface area contributed by atoms with Crippen LogP contribution in [-0.2, 0) is 10.2 Å². The van der Waals surface area contributed by atoms with Gasteiger partial charge in [0.2, 0.25) is 0 Å². The van der Waals surface area contributed by atoms with Crippen LogP contribution >= 0.6 is 0 Å². The van der Waals surface area contributed by atoms with E-state index in [-0.39, 0.29) is 12.1 Å². The molecule has 0 spiro atoms. The molecule has 0 aromatic rings. The zero-order chi connectivity index (χ0) is 12.8. The Morgan fingerprint density at radius 2 is 1.94 bits per heavy atom. The highest BCUT2D eigenvalue weighted by atomic mass is 32.2. The van der Waals surface area contributed by atoms with Crippen molar-refractivity contribution in [3.05, 3.63) is 0 Å². The van der Waals surface area contributed by atoms with Gasteiger partial charge in [-0.15, -0.1) is 0 Å². The zero-order valence-corrected chi connectivity index (χ0v) is 11.7. The maximum Gasteiger partial charge on any atom is 0.281 e. The Hall–Kier alpha value is -0.170. The second kappa shape index (κ2) is 4.50. The molecule has 100 valence electrons. The van der Waals surface area contributed by atoms with E-state index in [1.807, 2.05) is 13.8 Å². The molecule has 0 aromatic carbocycles. The first-order chi connectivity index (χ1) is 7.84. The normalized spacial score (nSPS) is 34.8. The van der Waals surface area contributed by atoms with Gasteiger partial charge in [-0.05, 0) is 38.5 Å². The lowest BCUT2D eigenvalue weighted by Crippen LogP contribution is -2.44. The molecule has 2 fully saturated rings. The van der Waals surface area contributed by atoms with Crippen molar-refractivity contribution in [1.29, 1.82) is 0 Å². The molecule has 0 bridgehead atoms. The summed E-state index contributed by atoms with van der Waals surface area (Å²) in [6.45, 7) is 5.03. The van der Waals surface area contributed by atoms with Crippen LogP contribution in [0.25, 0.3) is 0 Å². The van der Waals surface area contributed by atoms with Crippen molar-refractivity contribution in [2.75, 3.05) is 20.1 Å². The molecule has 17 heavy (non-hydrogen) atoms. The topological polar surface area (TPSA) is 66.6 Å². The van der Waals surface area contributed by atoms with Gasteiger partial charge in [0.05, 0.1) is 0 Å². The maximum atomic E-state index is 12.3. The van der Waals surface area contributed by atoms with E-state index >= 15 is 0 Å². The lowest BCUT2D eigenvalue weighted by Gasteiger charge is -2.27. The highest BCUT2D eigenvalue weighted by Gasteiger charge is 2.45. The number of nitrogens with zero attached hydrogens (tertiary/aromatic N) is 2. The van der Waals surface area contributed by atoms with Gasteiger partial charge >= 0.3 is 0 Å². The third kappa shape index (κ3) is 2.23. The van der Waals surface area contributed by atoms with Crippen LogP contribution in [0.3, 0.4) is 0 Å². The van der Waals surface area contributed by atoms with E-state index in [1.165, 1.54) is 4.31 Å². The summed E-state index contributed by atoms with van der Waals surface area (Å²) >= 11 is 0. The van der Waals surface area contributed by atoms with Crippen LogP contribution in [0, 0.1) is 11.8 Å². The highest BCUT2D eigenvalue weighted by molar-refractivity contribution is 7.86. The SMILES string of the molecule is CC(C)N(C)S(=O)(=O)N1CC2CCC(N)C2C1. The lowest BCUT2D eigenvalue weighted by atomic mass is 9.98. The van der Waals surface area contributed by atoms with E-state index in [0.717, 1.165) is 12.8 Å². The standard InChI is InChI=1S/C11H23N3O2S/c1-8(2)13(3)17(15,16)14-6-9-4-5-11(12)10(9)7-14/h8-11H,4-7,12H2,1-3H3. The fraction of sp³-hybridized carbons (Fsp3) is 1.00. The smallest absolute Gasteiger partial charge is 0.281 e. The third-order valence-electron chi connectivity index (χ3n) is 4.30. The summed E-state index contributed by atoms with van der Waals surface area (Å²) in [5.41, 5.74) is 6.03. The van der Waals surface area contributed by atoms with Gasteiger partial charge in [0.1, 0.15) is 0 Å². The van der Waals surface area contributed by atoms with Gasteiger partial charge in [-0.25, -0.2) is 0 Å². The Morgan fingerprint density at radius 3 is 2.47 bits per heavy atom. The number of nitrogens with two attached hydrogens (primary N) is 1. The van der Waals surface area contributed by atoms with Gasteiger partial charge in [0.25, 0.3) is 10.2 Å². The van der Waals surface area contributed by atoms with Crippen molar-refractivity contribution in [2.45, 2.75) is 38.8 Å². The summed E-state index contributed by atoms with van der Waals surface area (Å²) in [5, 5.41) is 0.